The van der Waals surface area contributed by atoms with Crippen molar-refractivity contribution in [3.8, 4) is 0 Å². The van der Waals surface area contributed by atoms with E-state index in [4.69, 9.17) is 23.2 Å². The highest BCUT2D eigenvalue weighted by molar-refractivity contribution is 6.31. The fourth-order valence-corrected chi connectivity index (χ4v) is 1.98. The van der Waals surface area contributed by atoms with Crippen molar-refractivity contribution in [1.29, 1.82) is 0 Å². The van der Waals surface area contributed by atoms with Crippen molar-refractivity contribution in [2.45, 2.75) is 6.54 Å². The van der Waals surface area contributed by atoms with E-state index in [1.165, 1.54) is 12.1 Å². The lowest BCUT2D eigenvalue weighted by molar-refractivity contribution is 0.0947. The Morgan fingerprint density at radius 1 is 1.11 bits per heavy atom. The molecule has 0 spiro atoms. The molecule has 0 saturated carbocycles. The Morgan fingerprint density at radius 3 is 2.58 bits per heavy atom. The molecule has 2 nitrogen and oxygen atoms in total. The molecule has 1 N–H and O–H groups in total. The van der Waals surface area contributed by atoms with Crippen molar-refractivity contribution in [3.63, 3.8) is 0 Å². The van der Waals surface area contributed by atoms with Crippen LogP contribution in [0.2, 0.25) is 10.0 Å². The van der Waals surface area contributed by atoms with Gasteiger partial charge in [-0.2, -0.15) is 0 Å². The lowest BCUT2D eigenvalue weighted by atomic mass is 10.2. The first-order valence-electron chi connectivity index (χ1n) is 5.54. The van der Waals surface area contributed by atoms with Gasteiger partial charge in [-0.15, -0.1) is 0 Å². The third-order valence-electron chi connectivity index (χ3n) is 2.52. The van der Waals surface area contributed by atoms with Crippen LogP contribution in [0.15, 0.2) is 42.5 Å². The summed E-state index contributed by atoms with van der Waals surface area (Å²) < 4.78 is 13.5. The molecule has 0 fully saturated rings. The summed E-state index contributed by atoms with van der Waals surface area (Å²) in [4.78, 5) is 11.8. The van der Waals surface area contributed by atoms with Crippen LogP contribution >= 0.6 is 23.2 Å². The number of hydrogen-bond donors (Lipinski definition) is 1. The fraction of sp³-hybridized carbons (Fsp3) is 0.0714. The van der Waals surface area contributed by atoms with Crippen molar-refractivity contribution in [2.24, 2.45) is 0 Å². The van der Waals surface area contributed by atoms with Crippen LogP contribution in [-0.2, 0) is 6.54 Å². The summed E-state index contributed by atoms with van der Waals surface area (Å²) in [6.07, 6.45) is 0. The van der Waals surface area contributed by atoms with Gasteiger partial charge in [-0.3, -0.25) is 4.79 Å². The maximum Gasteiger partial charge on any atom is 0.254 e. The van der Waals surface area contributed by atoms with Gasteiger partial charge in [0.2, 0.25) is 0 Å². The molecule has 98 valence electrons. The smallest absolute Gasteiger partial charge is 0.254 e. The average molecular weight is 298 g/mol. The van der Waals surface area contributed by atoms with Gasteiger partial charge in [0.05, 0.1) is 5.56 Å². The zero-order chi connectivity index (χ0) is 13.8. The molecule has 0 unspecified atom stereocenters. The second kappa shape index (κ2) is 6.04. The molecular weight excluding hydrogens is 288 g/mol. The van der Waals surface area contributed by atoms with Gasteiger partial charge in [0.15, 0.2) is 0 Å². The number of hydrogen-bond acceptors (Lipinski definition) is 1. The lowest BCUT2D eigenvalue weighted by Gasteiger charge is -2.07. The van der Waals surface area contributed by atoms with E-state index >= 15 is 0 Å². The molecule has 5 heteroatoms. The Kier molecular flexibility index (Phi) is 4.40. The zero-order valence-electron chi connectivity index (χ0n) is 9.79. The van der Waals surface area contributed by atoms with Gasteiger partial charge in [-0.05, 0) is 35.9 Å². The molecule has 0 atom stereocenters. The van der Waals surface area contributed by atoms with E-state index in [0.717, 1.165) is 11.6 Å². The predicted octanol–water partition coefficient (Wildman–Crippen LogP) is 4.06. The van der Waals surface area contributed by atoms with Crippen LogP contribution in [0.25, 0.3) is 0 Å². The zero-order valence-corrected chi connectivity index (χ0v) is 11.3. The van der Waals surface area contributed by atoms with Crippen molar-refractivity contribution >= 4 is 29.1 Å². The second-order valence-corrected chi connectivity index (χ2v) is 4.81. The van der Waals surface area contributed by atoms with Crippen LogP contribution in [0, 0.1) is 5.82 Å². The van der Waals surface area contributed by atoms with Crippen LogP contribution in [0.5, 0.6) is 0 Å². The average Bonchev–Trinajstić information content (AvgIpc) is 2.39. The van der Waals surface area contributed by atoms with Crippen molar-refractivity contribution in [3.05, 3.63) is 69.5 Å². The van der Waals surface area contributed by atoms with Crippen LogP contribution in [0.4, 0.5) is 4.39 Å². The van der Waals surface area contributed by atoms with Crippen LogP contribution < -0.4 is 5.32 Å². The second-order valence-electron chi connectivity index (χ2n) is 3.94. The molecule has 2 aromatic carbocycles. The maximum atomic E-state index is 13.5. The highest BCUT2D eigenvalue weighted by atomic mass is 35.5. The van der Waals surface area contributed by atoms with Crippen LogP contribution in [-0.4, -0.2) is 5.91 Å². The Hall–Kier alpha value is -1.58. The minimum Gasteiger partial charge on any atom is -0.348 e. The number of amides is 1. The normalized spacial score (nSPS) is 10.3. The molecule has 2 rings (SSSR count). The molecule has 0 radical (unpaired) electrons. The number of carbonyl (C=O) groups is 1. The van der Waals surface area contributed by atoms with Crippen molar-refractivity contribution in [2.75, 3.05) is 0 Å². The fourth-order valence-electron chi connectivity index (χ4n) is 1.60. The maximum absolute atomic E-state index is 13.5. The van der Waals surface area contributed by atoms with E-state index in [1.54, 1.807) is 18.2 Å². The third-order valence-corrected chi connectivity index (χ3v) is 2.99. The van der Waals surface area contributed by atoms with Gasteiger partial charge in [0, 0.05) is 16.6 Å². The summed E-state index contributed by atoms with van der Waals surface area (Å²) in [5.41, 5.74) is 0.762. The quantitative estimate of drug-likeness (QED) is 0.909. The Labute approximate surface area is 120 Å². The summed E-state index contributed by atoms with van der Waals surface area (Å²) in [7, 11) is 0. The van der Waals surface area contributed by atoms with Crippen LogP contribution in [0.3, 0.4) is 0 Å². The highest BCUT2D eigenvalue weighted by Gasteiger charge is 2.11. The van der Waals surface area contributed by atoms with Crippen LogP contribution in [0.1, 0.15) is 15.9 Å². The van der Waals surface area contributed by atoms with Crippen molar-refractivity contribution in [1.82, 2.24) is 5.32 Å². The van der Waals surface area contributed by atoms with E-state index in [0.29, 0.717) is 10.0 Å². The molecule has 0 heterocycles. The summed E-state index contributed by atoms with van der Waals surface area (Å²) in [6.45, 7) is 0.269. The van der Waals surface area contributed by atoms with E-state index in [9.17, 15) is 9.18 Å². The van der Waals surface area contributed by atoms with Gasteiger partial charge in [0.1, 0.15) is 5.82 Å². The molecule has 2 aromatic rings. The number of nitrogens with one attached hydrogen (secondary N) is 1. The standard InChI is InChI=1S/C14H10Cl2FNO/c15-10-3-1-2-9(6-10)8-18-14(19)12-7-11(16)4-5-13(12)17/h1-7H,8H2,(H,18,19). The topological polar surface area (TPSA) is 29.1 Å². The molecule has 1 amide bonds. The summed E-state index contributed by atoms with van der Waals surface area (Å²) in [6, 6.07) is 10.9. The van der Waals surface area contributed by atoms with E-state index in [1.807, 2.05) is 6.07 Å². The minimum atomic E-state index is -0.604. The molecule has 0 aliphatic heterocycles. The van der Waals surface area contributed by atoms with Gasteiger partial charge < -0.3 is 5.32 Å². The minimum absolute atomic E-state index is 0.0745. The molecule has 0 saturated heterocycles. The molecule has 0 aromatic heterocycles. The largest absolute Gasteiger partial charge is 0.348 e. The molecular formula is C14H10Cl2FNO. The van der Waals surface area contributed by atoms with Crippen molar-refractivity contribution < 1.29 is 9.18 Å². The first-order chi connectivity index (χ1) is 9.06. The molecule has 0 bridgehead atoms. The monoisotopic (exact) mass is 297 g/mol. The van der Waals surface area contributed by atoms with E-state index in [-0.39, 0.29) is 12.1 Å². The first kappa shape index (κ1) is 13.8. The molecule has 0 aliphatic rings. The summed E-state index contributed by atoms with van der Waals surface area (Å²) in [5, 5.41) is 3.51. The first-order valence-corrected chi connectivity index (χ1v) is 6.29. The third kappa shape index (κ3) is 3.69. The number of carbonyl (C=O) groups excluding carboxylic acids is 1. The summed E-state index contributed by atoms with van der Waals surface area (Å²) in [5.74, 6) is -1.12. The van der Waals surface area contributed by atoms with E-state index in [2.05, 4.69) is 5.32 Å². The number of benzene rings is 2. The Bertz CT molecular complexity index is 616. The molecule has 19 heavy (non-hydrogen) atoms. The van der Waals surface area contributed by atoms with Gasteiger partial charge in [-0.25, -0.2) is 4.39 Å². The lowest BCUT2D eigenvalue weighted by Crippen LogP contribution is -2.23. The SMILES string of the molecule is O=C(NCc1cccc(Cl)c1)c1cc(Cl)ccc1F. The van der Waals surface area contributed by atoms with E-state index < -0.39 is 11.7 Å². The van der Waals surface area contributed by atoms with Gasteiger partial charge in [-0.1, -0.05) is 35.3 Å². The molecule has 0 aliphatic carbocycles. The number of halogens is 3. The number of rotatable bonds is 3. The Morgan fingerprint density at radius 2 is 1.84 bits per heavy atom. The van der Waals surface area contributed by atoms with Gasteiger partial charge >= 0.3 is 0 Å². The van der Waals surface area contributed by atoms with Gasteiger partial charge in [0.25, 0.3) is 5.91 Å². The Balaban J connectivity index is 2.07. The summed E-state index contributed by atoms with van der Waals surface area (Å²) >= 11 is 11.6. The highest BCUT2D eigenvalue weighted by Crippen LogP contribution is 2.15. The predicted molar refractivity (Wildman–Crippen MR) is 74.0 cm³/mol.